The molecule has 0 aromatic heterocycles. The number of carbonyl (C=O) groups excluding carboxylic acids is 1. The number of benzene rings is 1. The average molecular weight is 293 g/mol. The average Bonchev–Trinajstić information content (AvgIpc) is 2.42. The van der Waals surface area contributed by atoms with Crippen molar-refractivity contribution in [3.05, 3.63) is 34.4 Å². The lowest BCUT2D eigenvalue weighted by Crippen LogP contribution is -2.35. The second-order valence-corrected chi connectivity index (χ2v) is 5.59. The van der Waals surface area contributed by atoms with Crippen molar-refractivity contribution in [1.29, 1.82) is 0 Å². The summed E-state index contributed by atoms with van der Waals surface area (Å²) in [6.45, 7) is 7.16. The summed E-state index contributed by atoms with van der Waals surface area (Å²) < 4.78 is 4.78. The van der Waals surface area contributed by atoms with Crippen LogP contribution in [0.25, 0.3) is 0 Å². The predicted molar refractivity (Wildman–Crippen MR) is 84.5 cm³/mol. The van der Waals surface area contributed by atoms with Crippen molar-refractivity contribution in [3.8, 4) is 0 Å². The highest BCUT2D eigenvalue weighted by Gasteiger charge is 2.16. The van der Waals surface area contributed by atoms with Crippen LogP contribution in [0.15, 0.2) is 12.1 Å². The Hall–Kier alpha value is -1.39. The topological polar surface area (TPSA) is 58.6 Å². The van der Waals surface area contributed by atoms with E-state index in [0.29, 0.717) is 19.4 Å². The zero-order valence-electron chi connectivity index (χ0n) is 13.5. The van der Waals surface area contributed by atoms with E-state index in [9.17, 15) is 4.79 Å². The van der Waals surface area contributed by atoms with Gasteiger partial charge in [-0.3, -0.25) is 4.79 Å². The van der Waals surface area contributed by atoms with Crippen molar-refractivity contribution in [2.24, 2.45) is 0 Å². The van der Waals surface area contributed by atoms with Crippen LogP contribution in [0.1, 0.15) is 35.1 Å². The van der Waals surface area contributed by atoms with Crippen molar-refractivity contribution in [1.82, 2.24) is 5.32 Å². The lowest BCUT2D eigenvalue weighted by molar-refractivity contribution is -0.141. The van der Waals surface area contributed by atoms with Crippen molar-refractivity contribution < 1.29 is 14.6 Å². The maximum atomic E-state index is 11.6. The second kappa shape index (κ2) is 8.80. The summed E-state index contributed by atoms with van der Waals surface area (Å²) in [5, 5.41) is 12.2. The summed E-state index contributed by atoms with van der Waals surface area (Å²) in [5.41, 5.74) is 5.05. The van der Waals surface area contributed by atoms with Gasteiger partial charge in [-0.1, -0.05) is 17.7 Å². The summed E-state index contributed by atoms with van der Waals surface area (Å²) in [6.07, 6.45) is 1.82. The van der Waals surface area contributed by atoms with E-state index >= 15 is 0 Å². The Kier molecular flexibility index (Phi) is 7.40. The van der Waals surface area contributed by atoms with E-state index in [4.69, 9.17) is 9.84 Å². The standard InChI is InChI=1S/C17H27NO3/c1-12-8-13(2)16(14(3)9-12)10-15(11-17(20)21-4)18-6-5-7-19/h8-9,15,18-19H,5-7,10-11H2,1-4H3. The maximum absolute atomic E-state index is 11.6. The Labute approximate surface area is 127 Å². The molecule has 1 aromatic rings. The predicted octanol–water partition coefficient (Wildman–Crippen LogP) is 2.06. The van der Waals surface area contributed by atoms with Crippen LogP contribution in [0.3, 0.4) is 0 Å². The summed E-state index contributed by atoms with van der Waals surface area (Å²) in [5.74, 6) is -0.209. The number of aliphatic hydroxyl groups excluding tert-OH is 1. The molecule has 0 aliphatic heterocycles. The van der Waals surface area contributed by atoms with Crippen LogP contribution in [0.4, 0.5) is 0 Å². The molecule has 1 atom stereocenters. The summed E-state index contributed by atoms with van der Waals surface area (Å²) in [6, 6.07) is 4.38. The van der Waals surface area contributed by atoms with Crippen LogP contribution in [0.2, 0.25) is 0 Å². The molecule has 0 spiro atoms. The maximum Gasteiger partial charge on any atom is 0.307 e. The third-order valence-corrected chi connectivity index (χ3v) is 3.70. The van der Waals surface area contributed by atoms with Crippen LogP contribution in [-0.2, 0) is 16.0 Å². The number of methoxy groups -OCH3 is 1. The molecular weight excluding hydrogens is 266 g/mol. The molecule has 0 amide bonds. The van der Waals surface area contributed by atoms with Crippen molar-refractivity contribution in [2.75, 3.05) is 20.3 Å². The van der Waals surface area contributed by atoms with Crippen molar-refractivity contribution >= 4 is 5.97 Å². The van der Waals surface area contributed by atoms with Gasteiger partial charge < -0.3 is 15.2 Å². The summed E-state index contributed by atoms with van der Waals surface area (Å²) in [4.78, 5) is 11.6. The molecule has 0 radical (unpaired) electrons. The molecule has 2 N–H and O–H groups in total. The van der Waals surface area contributed by atoms with Crippen LogP contribution >= 0.6 is 0 Å². The lowest BCUT2D eigenvalue weighted by Gasteiger charge is -2.20. The Morgan fingerprint density at radius 1 is 1.29 bits per heavy atom. The first-order valence-corrected chi connectivity index (χ1v) is 7.45. The minimum atomic E-state index is -0.209. The molecule has 1 rings (SSSR count). The fourth-order valence-electron chi connectivity index (χ4n) is 2.66. The molecule has 21 heavy (non-hydrogen) atoms. The lowest BCUT2D eigenvalue weighted by atomic mass is 9.93. The Balaban J connectivity index is 2.81. The van der Waals surface area contributed by atoms with E-state index in [1.165, 1.54) is 29.4 Å². The van der Waals surface area contributed by atoms with Crippen molar-refractivity contribution in [2.45, 2.75) is 46.1 Å². The van der Waals surface area contributed by atoms with Crippen LogP contribution in [0.5, 0.6) is 0 Å². The number of aryl methyl sites for hydroxylation is 3. The molecule has 118 valence electrons. The highest BCUT2D eigenvalue weighted by atomic mass is 16.5. The highest BCUT2D eigenvalue weighted by Crippen LogP contribution is 2.19. The van der Waals surface area contributed by atoms with Gasteiger partial charge in [-0.05, 0) is 56.8 Å². The molecule has 0 aliphatic carbocycles. The molecule has 4 heteroatoms. The van der Waals surface area contributed by atoms with Gasteiger partial charge in [-0.25, -0.2) is 0 Å². The molecule has 0 heterocycles. The van der Waals surface area contributed by atoms with Gasteiger partial charge in [0.15, 0.2) is 0 Å². The van der Waals surface area contributed by atoms with Gasteiger partial charge in [0.2, 0.25) is 0 Å². The van der Waals surface area contributed by atoms with E-state index < -0.39 is 0 Å². The van der Waals surface area contributed by atoms with E-state index in [0.717, 1.165) is 6.42 Å². The van der Waals surface area contributed by atoms with Crippen LogP contribution in [0, 0.1) is 20.8 Å². The minimum absolute atomic E-state index is 0.0316. The summed E-state index contributed by atoms with van der Waals surface area (Å²) in [7, 11) is 1.41. The molecule has 0 bridgehead atoms. The van der Waals surface area contributed by atoms with Gasteiger partial charge in [-0.2, -0.15) is 0 Å². The number of aliphatic hydroxyl groups is 1. The van der Waals surface area contributed by atoms with E-state index in [1.807, 2.05) is 0 Å². The van der Waals surface area contributed by atoms with Gasteiger partial charge in [0.25, 0.3) is 0 Å². The number of ether oxygens (including phenoxy) is 1. The third kappa shape index (κ3) is 5.86. The first-order valence-electron chi connectivity index (χ1n) is 7.45. The van der Waals surface area contributed by atoms with Crippen LogP contribution in [-0.4, -0.2) is 37.4 Å². The Bertz CT molecular complexity index is 448. The number of rotatable bonds is 8. The van der Waals surface area contributed by atoms with Gasteiger partial charge in [0.1, 0.15) is 0 Å². The molecule has 0 saturated carbocycles. The molecule has 1 unspecified atom stereocenters. The number of carbonyl (C=O) groups is 1. The van der Waals surface area contributed by atoms with Crippen LogP contribution < -0.4 is 5.32 Å². The zero-order chi connectivity index (χ0) is 15.8. The van der Waals surface area contributed by atoms with E-state index in [2.05, 4.69) is 38.2 Å². The van der Waals surface area contributed by atoms with Gasteiger partial charge >= 0.3 is 5.97 Å². The molecule has 0 saturated heterocycles. The SMILES string of the molecule is COC(=O)CC(Cc1c(C)cc(C)cc1C)NCCCO. The Morgan fingerprint density at radius 2 is 1.90 bits per heavy atom. The van der Waals surface area contributed by atoms with Crippen molar-refractivity contribution in [3.63, 3.8) is 0 Å². The molecule has 0 fully saturated rings. The summed E-state index contributed by atoms with van der Waals surface area (Å²) >= 11 is 0. The Morgan fingerprint density at radius 3 is 2.43 bits per heavy atom. The highest BCUT2D eigenvalue weighted by molar-refractivity contribution is 5.70. The second-order valence-electron chi connectivity index (χ2n) is 5.59. The van der Waals surface area contributed by atoms with E-state index in [1.54, 1.807) is 0 Å². The number of esters is 1. The normalized spacial score (nSPS) is 12.2. The molecule has 4 nitrogen and oxygen atoms in total. The monoisotopic (exact) mass is 293 g/mol. The molecule has 0 aliphatic rings. The smallest absolute Gasteiger partial charge is 0.307 e. The van der Waals surface area contributed by atoms with Gasteiger partial charge in [-0.15, -0.1) is 0 Å². The third-order valence-electron chi connectivity index (χ3n) is 3.70. The van der Waals surface area contributed by atoms with Gasteiger partial charge in [0, 0.05) is 12.6 Å². The molecular formula is C17H27NO3. The first-order chi connectivity index (χ1) is 9.97. The molecule has 1 aromatic carbocycles. The fraction of sp³-hybridized carbons (Fsp3) is 0.588. The largest absolute Gasteiger partial charge is 0.469 e. The van der Waals surface area contributed by atoms with Gasteiger partial charge in [0.05, 0.1) is 13.5 Å². The zero-order valence-corrected chi connectivity index (χ0v) is 13.5. The number of hydrogen-bond acceptors (Lipinski definition) is 4. The number of nitrogens with one attached hydrogen (secondary N) is 1. The fourth-order valence-corrected chi connectivity index (χ4v) is 2.66. The number of hydrogen-bond donors (Lipinski definition) is 2. The quantitative estimate of drug-likeness (QED) is 0.569. The minimum Gasteiger partial charge on any atom is -0.469 e. The first kappa shape index (κ1) is 17.7. The van der Waals surface area contributed by atoms with E-state index in [-0.39, 0.29) is 18.6 Å².